The Labute approximate surface area is 148 Å². The average molecular weight is 343 g/mol. The molecule has 5 nitrogen and oxygen atoms in total. The molecule has 0 spiro atoms. The van der Waals surface area contributed by atoms with Gasteiger partial charge in [-0.15, -0.1) is 4.91 Å². The molecule has 1 heterocycles. The van der Waals surface area contributed by atoms with Gasteiger partial charge in [0.2, 0.25) is 0 Å². The molecular formula is C21H13NO4. The SMILES string of the molecule is C=c1ccc2c(c1)Oc1cc(O)ccc1C=2c1ccccc1C(=O)N=O. The monoisotopic (exact) mass is 343 g/mol. The first kappa shape index (κ1) is 15.8. The van der Waals surface area contributed by atoms with Gasteiger partial charge in [-0.2, -0.15) is 0 Å². The molecule has 26 heavy (non-hydrogen) atoms. The number of phenols is 1. The van der Waals surface area contributed by atoms with E-state index in [-0.39, 0.29) is 11.3 Å². The molecule has 1 aliphatic rings. The predicted octanol–water partition coefficient (Wildman–Crippen LogP) is 3.06. The van der Waals surface area contributed by atoms with E-state index in [2.05, 4.69) is 11.8 Å². The van der Waals surface area contributed by atoms with Crippen molar-refractivity contribution in [2.24, 2.45) is 5.18 Å². The number of fused-ring (bicyclic) bond motifs is 2. The fourth-order valence-corrected chi connectivity index (χ4v) is 3.15. The number of hydrogen-bond donors (Lipinski definition) is 1. The van der Waals surface area contributed by atoms with Crippen LogP contribution in [0.15, 0.2) is 65.8 Å². The van der Waals surface area contributed by atoms with Gasteiger partial charge in [0.1, 0.15) is 17.2 Å². The Morgan fingerprint density at radius 2 is 1.77 bits per heavy atom. The topological polar surface area (TPSA) is 76.0 Å². The largest absolute Gasteiger partial charge is 0.508 e. The Morgan fingerprint density at radius 3 is 2.58 bits per heavy atom. The number of amides is 1. The fourth-order valence-electron chi connectivity index (χ4n) is 3.15. The van der Waals surface area contributed by atoms with Crippen molar-refractivity contribution in [3.05, 3.63) is 92.7 Å². The van der Waals surface area contributed by atoms with Crippen LogP contribution in [0.1, 0.15) is 21.5 Å². The Bertz CT molecular complexity index is 1180. The van der Waals surface area contributed by atoms with Gasteiger partial charge in [0.25, 0.3) is 0 Å². The summed E-state index contributed by atoms with van der Waals surface area (Å²) in [4.78, 5) is 22.9. The molecule has 0 radical (unpaired) electrons. The van der Waals surface area contributed by atoms with Crippen molar-refractivity contribution in [3.8, 4) is 17.2 Å². The highest BCUT2D eigenvalue weighted by molar-refractivity contribution is 6.02. The Hall–Kier alpha value is -3.73. The zero-order valence-electron chi connectivity index (χ0n) is 13.6. The smallest absolute Gasteiger partial charge is 0.317 e. The van der Waals surface area contributed by atoms with Crippen LogP contribution >= 0.6 is 0 Å². The standard InChI is InChI=1S/C21H13NO4/c1-12-6-8-16-18(10-12)26-19-11-13(23)7-9-17(19)20(16)14-4-2-3-5-15(14)21(24)22-25/h2-11,23H,1H2. The third-order valence-corrected chi connectivity index (χ3v) is 4.28. The molecule has 0 aliphatic carbocycles. The summed E-state index contributed by atoms with van der Waals surface area (Å²) in [5.41, 5.74) is 2.22. The average Bonchev–Trinajstić information content (AvgIpc) is 2.65. The van der Waals surface area contributed by atoms with Crippen LogP contribution in [-0.2, 0) is 0 Å². The van der Waals surface area contributed by atoms with Crippen LogP contribution in [0.3, 0.4) is 0 Å². The molecule has 0 atom stereocenters. The predicted molar refractivity (Wildman–Crippen MR) is 97.6 cm³/mol. The van der Waals surface area contributed by atoms with Gasteiger partial charge < -0.3 is 9.84 Å². The number of benzene rings is 3. The van der Waals surface area contributed by atoms with Gasteiger partial charge in [-0.05, 0) is 35.0 Å². The number of hydrogen-bond acceptors (Lipinski definition) is 4. The molecule has 0 aromatic heterocycles. The fraction of sp³-hybridized carbons (Fsp3) is 0. The highest BCUT2D eigenvalue weighted by atomic mass is 16.5. The summed E-state index contributed by atoms with van der Waals surface area (Å²) in [6.07, 6.45) is 0. The van der Waals surface area contributed by atoms with E-state index < -0.39 is 5.91 Å². The first-order valence-corrected chi connectivity index (χ1v) is 7.90. The van der Waals surface area contributed by atoms with Crippen molar-refractivity contribution in [2.45, 2.75) is 0 Å². The van der Waals surface area contributed by atoms with Crippen LogP contribution in [0, 0.1) is 4.91 Å². The van der Waals surface area contributed by atoms with Crippen molar-refractivity contribution < 1.29 is 14.6 Å². The third kappa shape index (κ3) is 2.46. The number of carbonyl (C=O) groups excluding carboxylic acids is 1. The van der Waals surface area contributed by atoms with E-state index >= 15 is 0 Å². The number of ether oxygens (including phenoxy) is 1. The van der Waals surface area contributed by atoms with Gasteiger partial charge in [-0.1, -0.05) is 36.9 Å². The van der Waals surface area contributed by atoms with E-state index in [0.29, 0.717) is 22.6 Å². The lowest BCUT2D eigenvalue weighted by atomic mass is 9.89. The maximum Gasteiger partial charge on any atom is 0.317 e. The first-order chi connectivity index (χ1) is 12.6. The van der Waals surface area contributed by atoms with E-state index in [0.717, 1.165) is 16.0 Å². The molecule has 0 fully saturated rings. The van der Waals surface area contributed by atoms with Crippen LogP contribution in [0.2, 0.25) is 0 Å². The Balaban J connectivity index is 2.15. The van der Waals surface area contributed by atoms with Crippen molar-refractivity contribution in [3.63, 3.8) is 0 Å². The molecule has 1 aliphatic heterocycles. The van der Waals surface area contributed by atoms with Gasteiger partial charge >= 0.3 is 5.91 Å². The van der Waals surface area contributed by atoms with E-state index in [9.17, 15) is 14.8 Å². The third-order valence-electron chi connectivity index (χ3n) is 4.28. The van der Waals surface area contributed by atoms with Gasteiger partial charge in [0.05, 0.1) is 5.56 Å². The number of aromatic hydroxyl groups is 1. The number of carbonyl (C=O) groups is 1. The summed E-state index contributed by atoms with van der Waals surface area (Å²) in [5.74, 6) is 0.248. The minimum atomic E-state index is -0.838. The minimum Gasteiger partial charge on any atom is -0.508 e. The van der Waals surface area contributed by atoms with Crippen LogP contribution in [0.4, 0.5) is 0 Å². The van der Waals surface area contributed by atoms with Crippen molar-refractivity contribution >= 4 is 18.1 Å². The second kappa shape index (κ2) is 5.97. The van der Waals surface area contributed by atoms with E-state index in [4.69, 9.17) is 4.74 Å². The van der Waals surface area contributed by atoms with Crippen molar-refractivity contribution in [1.82, 2.24) is 0 Å². The van der Waals surface area contributed by atoms with Crippen LogP contribution in [-0.4, -0.2) is 11.0 Å². The summed E-state index contributed by atoms with van der Waals surface area (Å²) in [6, 6.07) is 17.1. The zero-order chi connectivity index (χ0) is 18.3. The molecule has 4 rings (SSSR count). The quantitative estimate of drug-likeness (QED) is 0.568. The molecule has 3 aromatic carbocycles. The molecule has 3 aromatic rings. The second-order valence-electron chi connectivity index (χ2n) is 5.93. The first-order valence-electron chi connectivity index (χ1n) is 7.90. The molecule has 1 N–H and O–H groups in total. The van der Waals surface area contributed by atoms with Crippen LogP contribution in [0.5, 0.6) is 17.2 Å². The molecule has 0 saturated heterocycles. The summed E-state index contributed by atoms with van der Waals surface area (Å²) in [5, 5.41) is 13.9. The number of rotatable bonds is 2. The van der Waals surface area contributed by atoms with Gasteiger partial charge in [0, 0.05) is 27.6 Å². The minimum absolute atomic E-state index is 0.0660. The van der Waals surface area contributed by atoms with Gasteiger partial charge in [0.15, 0.2) is 0 Å². The molecule has 0 bridgehead atoms. The normalized spacial score (nSPS) is 11.9. The lowest BCUT2D eigenvalue weighted by molar-refractivity contribution is 0.100. The van der Waals surface area contributed by atoms with Gasteiger partial charge in [-0.25, -0.2) is 0 Å². The molecule has 126 valence electrons. The maximum atomic E-state index is 12.0. The molecule has 0 saturated carbocycles. The molecule has 5 heteroatoms. The summed E-state index contributed by atoms with van der Waals surface area (Å²) in [6.45, 7) is 3.91. The highest BCUT2D eigenvalue weighted by Crippen LogP contribution is 2.38. The highest BCUT2D eigenvalue weighted by Gasteiger charge is 2.24. The number of phenolic OH excluding ortho intramolecular Hbond substituents is 1. The van der Waals surface area contributed by atoms with Crippen molar-refractivity contribution in [2.75, 3.05) is 0 Å². The Kier molecular flexibility index (Phi) is 3.62. The lowest BCUT2D eigenvalue weighted by Crippen LogP contribution is -2.20. The molecule has 1 amide bonds. The van der Waals surface area contributed by atoms with E-state index in [1.54, 1.807) is 42.5 Å². The summed E-state index contributed by atoms with van der Waals surface area (Å²) < 4.78 is 5.93. The molecule has 0 unspecified atom stereocenters. The second-order valence-corrected chi connectivity index (χ2v) is 5.93. The van der Waals surface area contributed by atoms with Gasteiger partial charge in [-0.3, -0.25) is 4.79 Å². The molecular weight excluding hydrogens is 330 g/mol. The number of nitrogens with zero attached hydrogens (tertiary/aromatic N) is 1. The van der Waals surface area contributed by atoms with E-state index in [1.807, 2.05) is 12.1 Å². The maximum absolute atomic E-state index is 12.0. The van der Waals surface area contributed by atoms with Crippen LogP contribution < -0.4 is 15.2 Å². The van der Waals surface area contributed by atoms with E-state index in [1.165, 1.54) is 6.07 Å². The summed E-state index contributed by atoms with van der Waals surface area (Å²) in [7, 11) is 0. The lowest BCUT2D eigenvalue weighted by Gasteiger charge is -2.22. The Morgan fingerprint density at radius 1 is 0.962 bits per heavy atom. The zero-order valence-corrected chi connectivity index (χ0v) is 13.6. The van der Waals surface area contributed by atoms with Crippen molar-refractivity contribution in [1.29, 1.82) is 0 Å². The summed E-state index contributed by atoms with van der Waals surface area (Å²) >= 11 is 0. The van der Waals surface area contributed by atoms with Crippen LogP contribution in [0.25, 0.3) is 12.2 Å². The number of nitroso groups, excluding NO2 is 1.